The molecule has 0 aliphatic heterocycles. The molecule has 0 bridgehead atoms. The molecule has 0 unspecified atom stereocenters. The Hall–Kier alpha value is -1.20. The molecule has 1 aromatic carbocycles. The average molecular weight is 324 g/mol. The van der Waals surface area contributed by atoms with Gasteiger partial charge >= 0.3 is 0 Å². The third-order valence-electron chi connectivity index (χ3n) is 3.55. The van der Waals surface area contributed by atoms with Crippen LogP contribution in [0.25, 0.3) is 0 Å². The Balaban J connectivity index is 1.46. The molecule has 21 heavy (non-hydrogen) atoms. The molecule has 1 aromatic heterocycles. The van der Waals surface area contributed by atoms with Crippen LogP contribution in [0.3, 0.4) is 0 Å². The first-order valence-electron chi connectivity index (χ1n) is 7.22. The number of rotatable bonds is 6. The zero-order valence-electron chi connectivity index (χ0n) is 11.7. The number of thioether (sulfide) groups is 1. The lowest BCUT2D eigenvalue weighted by molar-refractivity contribution is 0.379. The van der Waals surface area contributed by atoms with E-state index in [1.807, 2.05) is 36.0 Å². The summed E-state index contributed by atoms with van der Waals surface area (Å²) in [5, 5.41) is 8.78. The van der Waals surface area contributed by atoms with Crippen LogP contribution in [-0.4, -0.2) is 15.4 Å². The van der Waals surface area contributed by atoms with Gasteiger partial charge in [-0.2, -0.15) is 16.7 Å². The topological polar surface area (TPSA) is 51.0 Å². The van der Waals surface area contributed by atoms with E-state index in [0.717, 1.165) is 27.5 Å². The largest absolute Gasteiger partial charge is 0.376 e. The lowest BCUT2D eigenvalue weighted by Crippen LogP contribution is -2.00. The molecule has 2 aromatic rings. The van der Waals surface area contributed by atoms with E-state index in [1.54, 1.807) is 0 Å². The molecule has 0 amide bonds. The number of hydrogen-bond acceptors (Lipinski definition) is 5. The van der Waals surface area contributed by atoms with Crippen molar-refractivity contribution in [3.8, 4) is 0 Å². The molecule has 0 radical (unpaired) electrons. The fourth-order valence-electron chi connectivity index (χ4n) is 2.41. The maximum absolute atomic E-state index is 5.85. The summed E-state index contributed by atoms with van der Waals surface area (Å²) in [5.41, 5.74) is 0.986. The Labute approximate surface area is 133 Å². The van der Waals surface area contributed by atoms with Gasteiger partial charge in [-0.15, -0.1) is 0 Å². The second-order valence-electron chi connectivity index (χ2n) is 5.18. The van der Waals surface area contributed by atoms with Crippen molar-refractivity contribution in [3.63, 3.8) is 0 Å². The van der Waals surface area contributed by atoms with Crippen molar-refractivity contribution in [1.82, 2.24) is 10.1 Å². The van der Waals surface area contributed by atoms with Crippen LogP contribution in [0.1, 0.15) is 37.4 Å². The highest BCUT2D eigenvalue weighted by Crippen LogP contribution is 2.30. The molecular weight excluding hydrogens is 306 g/mol. The van der Waals surface area contributed by atoms with Crippen LogP contribution in [-0.2, 0) is 12.3 Å². The standard InChI is InChI=1S/C15H18ClN3OS/c16-11-5-7-12(8-6-11)17-9-15-18-14(19-20-15)10-21-13-3-1-2-4-13/h5-8,13,17H,1-4,9-10H2. The number of nitrogens with zero attached hydrogens (tertiary/aromatic N) is 2. The Bertz CT molecular complexity index is 567. The first-order chi connectivity index (χ1) is 10.3. The van der Waals surface area contributed by atoms with E-state index >= 15 is 0 Å². The van der Waals surface area contributed by atoms with E-state index in [4.69, 9.17) is 16.1 Å². The van der Waals surface area contributed by atoms with Gasteiger partial charge in [-0.05, 0) is 37.1 Å². The van der Waals surface area contributed by atoms with Gasteiger partial charge in [-0.25, -0.2) is 0 Å². The molecule has 1 saturated carbocycles. The van der Waals surface area contributed by atoms with Crippen molar-refractivity contribution in [2.24, 2.45) is 0 Å². The molecule has 1 heterocycles. The first kappa shape index (κ1) is 14.7. The summed E-state index contributed by atoms with van der Waals surface area (Å²) in [7, 11) is 0. The molecule has 6 heteroatoms. The van der Waals surface area contributed by atoms with E-state index in [1.165, 1.54) is 25.7 Å². The minimum Gasteiger partial charge on any atom is -0.376 e. The highest BCUT2D eigenvalue weighted by Gasteiger charge is 2.16. The molecule has 1 aliphatic carbocycles. The van der Waals surface area contributed by atoms with Crippen molar-refractivity contribution >= 4 is 29.1 Å². The molecule has 1 fully saturated rings. The molecule has 0 saturated heterocycles. The highest BCUT2D eigenvalue weighted by molar-refractivity contribution is 7.99. The van der Waals surface area contributed by atoms with Crippen molar-refractivity contribution in [1.29, 1.82) is 0 Å². The summed E-state index contributed by atoms with van der Waals surface area (Å²) in [6.07, 6.45) is 5.38. The van der Waals surface area contributed by atoms with Gasteiger partial charge < -0.3 is 9.84 Å². The van der Waals surface area contributed by atoms with E-state index in [0.29, 0.717) is 12.4 Å². The lowest BCUT2D eigenvalue weighted by Gasteiger charge is -2.05. The summed E-state index contributed by atoms with van der Waals surface area (Å²) >= 11 is 7.80. The summed E-state index contributed by atoms with van der Waals surface area (Å²) < 4.78 is 5.26. The third-order valence-corrected chi connectivity index (χ3v) is 5.17. The number of anilines is 1. The monoisotopic (exact) mass is 323 g/mol. The molecule has 1 N–H and O–H groups in total. The Morgan fingerprint density at radius 2 is 2.00 bits per heavy atom. The number of halogens is 1. The van der Waals surface area contributed by atoms with Crippen LogP contribution in [0.4, 0.5) is 5.69 Å². The fraction of sp³-hybridized carbons (Fsp3) is 0.467. The number of aromatic nitrogens is 2. The molecule has 0 spiro atoms. The van der Waals surface area contributed by atoms with Gasteiger partial charge in [0.25, 0.3) is 0 Å². The van der Waals surface area contributed by atoms with Crippen molar-refractivity contribution in [2.45, 2.75) is 43.2 Å². The first-order valence-corrected chi connectivity index (χ1v) is 8.65. The quantitative estimate of drug-likeness (QED) is 0.847. The zero-order valence-corrected chi connectivity index (χ0v) is 13.3. The summed E-state index contributed by atoms with van der Waals surface area (Å²) in [6.45, 7) is 0.530. The minimum atomic E-state index is 0.530. The van der Waals surface area contributed by atoms with E-state index in [2.05, 4.69) is 15.5 Å². The zero-order chi connectivity index (χ0) is 14.5. The van der Waals surface area contributed by atoms with Gasteiger partial charge in [0.15, 0.2) is 5.82 Å². The minimum absolute atomic E-state index is 0.530. The normalized spacial score (nSPS) is 15.5. The fourth-order valence-corrected chi connectivity index (χ4v) is 3.71. The van der Waals surface area contributed by atoms with Gasteiger partial charge in [0, 0.05) is 16.0 Å². The van der Waals surface area contributed by atoms with Crippen LogP contribution < -0.4 is 5.32 Å². The molecule has 3 rings (SSSR count). The second kappa shape index (κ2) is 7.18. The molecule has 112 valence electrons. The van der Waals surface area contributed by atoms with Gasteiger partial charge in [0.2, 0.25) is 5.89 Å². The summed E-state index contributed by atoms with van der Waals surface area (Å²) in [4.78, 5) is 4.42. The van der Waals surface area contributed by atoms with Gasteiger partial charge in [-0.3, -0.25) is 0 Å². The maximum atomic E-state index is 5.85. The molecule has 4 nitrogen and oxygen atoms in total. The van der Waals surface area contributed by atoms with Crippen molar-refractivity contribution < 1.29 is 4.52 Å². The van der Waals surface area contributed by atoms with Crippen LogP contribution >= 0.6 is 23.4 Å². The summed E-state index contributed by atoms with van der Waals surface area (Å²) in [6, 6.07) is 7.55. The van der Waals surface area contributed by atoms with E-state index in [-0.39, 0.29) is 0 Å². The highest BCUT2D eigenvalue weighted by atomic mass is 35.5. The second-order valence-corrected chi connectivity index (χ2v) is 6.91. The van der Waals surface area contributed by atoms with Crippen LogP contribution in [0, 0.1) is 0 Å². The Kier molecular flexibility index (Phi) is 5.04. The predicted molar refractivity (Wildman–Crippen MR) is 86.6 cm³/mol. The van der Waals surface area contributed by atoms with Gasteiger partial charge in [-0.1, -0.05) is 29.6 Å². The predicted octanol–water partition coefficient (Wildman–Crippen LogP) is 4.51. The van der Waals surface area contributed by atoms with Gasteiger partial charge in [0.05, 0.1) is 12.3 Å². The molecular formula is C15H18ClN3OS. The Morgan fingerprint density at radius 1 is 1.24 bits per heavy atom. The third kappa shape index (κ3) is 4.38. The van der Waals surface area contributed by atoms with Crippen molar-refractivity contribution in [2.75, 3.05) is 5.32 Å². The number of nitrogens with one attached hydrogen (secondary N) is 1. The molecule has 0 atom stereocenters. The average Bonchev–Trinajstić information content (AvgIpc) is 3.16. The van der Waals surface area contributed by atoms with Crippen LogP contribution in [0.15, 0.2) is 28.8 Å². The van der Waals surface area contributed by atoms with E-state index < -0.39 is 0 Å². The lowest BCUT2D eigenvalue weighted by atomic mass is 10.3. The number of hydrogen-bond donors (Lipinski definition) is 1. The van der Waals surface area contributed by atoms with Crippen LogP contribution in [0.5, 0.6) is 0 Å². The maximum Gasteiger partial charge on any atom is 0.245 e. The van der Waals surface area contributed by atoms with Gasteiger partial charge in [0.1, 0.15) is 0 Å². The Morgan fingerprint density at radius 3 is 2.76 bits per heavy atom. The molecule has 1 aliphatic rings. The van der Waals surface area contributed by atoms with E-state index in [9.17, 15) is 0 Å². The smallest absolute Gasteiger partial charge is 0.245 e. The van der Waals surface area contributed by atoms with Crippen molar-refractivity contribution in [3.05, 3.63) is 41.0 Å². The summed E-state index contributed by atoms with van der Waals surface area (Å²) in [5.74, 6) is 2.25. The SMILES string of the molecule is Clc1ccc(NCc2nc(CSC3CCCC3)no2)cc1. The number of benzene rings is 1. The van der Waals surface area contributed by atoms with Crippen LogP contribution in [0.2, 0.25) is 5.02 Å².